The molecule has 166 valence electrons. The predicted octanol–water partition coefficient (Wildman–Crippen LogP) is -4.11. The molecule has 2 heterocycles. The van der Waals surface area contributed by atoms with E-state index in [1.807, 2.05) is 0 Å². The molecule has 0 aromatic heterocycles. The van der Waals surface area contributed by atoms with Crippen LogP contribution in [0.5, 0.6) is 0 Å². The van der Waals surface area contributed by atoms with Crippen LogP contribution < -0.4 is 5.73 Å². The highest BCUT2D eigenvalue weighted by atomic mass is 16.7. The molecule has 0 aliphatic carbocycles. The van der Waals surface area contributed by atoms with Crippen LogP contribution in [-0.4, -0.2) is 128 Å². The van der Waals surface area contributed by atoms with Crippen LogP contribution in [0, 0.1) is 0 Å². The van der Waals surface area contributed by atoms with E-state index < -0.39 is 74.6 Å². The van der Waals surface area contributed by atoms with Crippen molar-refractivity contribution in [2.45, 2.75) is 61.4 Å². The van der Waals surface area contributed by atoms with Crippen LogP contribution in [0.25, 0.3) is 0 Å². The average molecular weight is 413 g/mol. The van der Waals surface area contributed by atoms with E-state index in [1.54, 1.807) is 0 Å². The maximum Gasteiger partial charge on any atom is 0.187 e. The Bertz CT molecular complexity index is 456. The van der Waals surface area contributed by atoms with Crippen molar-refractivity contribution in [1.29, 1.82) is 0 Å². The molecule has 2 aliphatic rings. The fraction of sp³-hybridized carbons (Fsp3) is 1.00. The second kappa shape index (κ2) is 11.1. The molecule has 2 fully saturated rings. The van der Waals surface area contributed by atoms with E-state index in [4.69, 9.17) is 34.2 Å². The van der Waals surface area contributed by atoms with E-state index in [0.29, 0.717) is 0 Å². The van der Waals surface area contributed by atoms with Crippen LogP contribution in [0.2, 0.25) is 0 Å². The summed E-state index contributed by atoms with van der Waals surface area (Å²) in [5.74, 6) is 0. The predicted molar refractivity (Wildman–Crippen MR) is 91.0 cm³/mol. The molecule has 0 aromatic carbocycles. The van der Waals surface area contributed by atoms with Crippen LogP contribution >= 0.6 is 0 Å². The van der Waals surface area contributed by atoms with Gasteiger partial charge >= 0.3 is 0 Å². The number of hydrogen-bond donors (Lipinski definition) is 6. The maximum absolute atomic E-state index is 10.7. The van der Waals surface area contributed by atoms with Crippen LogP contribution in [0.15, 0.2) is 0 Å². The van der Waals surface area contributed by atoms with Crippen molar-refractivity contribution in [2.75, 3.05) is 40.6 Å². The minimum absolute atomic E-state index is 0.116. The maximum atomic E-state index is 10.7. The monoisotopic (exact) mass is 413 g/mol. The van der Waals surface area contributed by atoms with Crippen molar-refractivity contribution in [3.8, 4) is 0 Å². The molecule has 2 saturated heterocycles. The Morgan fingerprint density at radius 2 is 1.39 bits per heavy atom. The molecule has 2 rings (SSSR count). The summed E-state index contributed by atoms with van der Waals surface area (Å²) in [6.45, 7) is -0.712. The van der Waals surface area contributed by atoms with Gasteiger partial charge in [-0.1, -0.05) is 0 Å². The molecule has 28 heavy (non-hydrogen) atoms. The van der Waals surface area contributed by atoms with E-state index in [2.05, 4.69) is 0 Å². The second-order valence-electron chi connectivity index (χ2n) is 6.58. The first-order valence-corrected chi connectivity index (χ1v) is 9.02. The zero-order valence-corrected chi connectivity index (χ0v) is 15.9. The van der Waals surface area contributed by atoms with Gasteiger partial charge in [0.1, 0.15) is 48.8 Å². The van der Waals surface area contributed by atoms with Crippen molar-refractivity contribution in [3.63, 3.8) is 0 Å². The Kier molecular flexibility index (Phi) is 9.40. The average Bonchev–Trinajstić information content (AvgIpc) is 2.71. The van der Waals surface area contributed by atoms with Gasteiger partial charge in [-0.2, -0.15) is 0 Å². The molecule has 0 aromatic rings. The smallest absolute Gasteiger partial charge is 0.187 e. The van der Waals surface area contributed by atoms with Gasteiger partial charge in [0.05, 0.1) is 19.8 Å². The van der Waals surface area contributed by atoms with Gasteiger partial charge in [0.15, 0.2) is 12.6 Å². The summed E-state index contributed by atoms with van der Waals surface area (Å²) in [7, 11) is 2.66. The third kappa shape index (κ3) is 4.98. The highest BCUT2D eigenvalue weighted by Gasteiger charge is 2.51. The normalized spacial score (nSPS) is 44.6. The molecule has 0 amide bonds. The standard InChI is InChI=1S/C16H31NO11/c1-23-12-7(5-18)26-15(10(21)9(12)20)28-13-8(6-19)27-16(24-2)14(11(13)22)25-4-3-17/h7-16,18-22H,3-6,17H2,1-2H3. The van der Waals surface area contributed by atoms with Gasteiger partial charge < -0.3 is 59.7 Å². The molecule has 12 nitrogen and oxygen atoms in total. The van der Waals surface area contributed by atoms with Crippen molar-refractivity contribution in [3.05, 3.63) is 0 Å². The van der Waals surface area contributed by atoms with Crippen molar-refractivity contribution in [2.24, 2.45) is 5.73 Å². The first-order valence-electron chi connectivity index (χ1n) is 9.02. The van der Waals surface area contributed by atoms with Crippen LogP contribution in [0.4, 0.5) is 0 Å². The van der Waals surface area contributed by atoms with Crippen molar-refractivity contribution >= 4 is 0 Å². The van der Waals surface area contributed by atoms with Gasteiger partial charge in [0.25, 0.3) is 0 Å². The largest absolute Gasteiger partial charge is 0.394 e. The van der Waals surface area contributed by atoms with Crippen molar-refractivity contribution < 1.29 is 54.0 Å². The fourth-order valence-electron chi connectivity index (χ4n) is 3.39. The third-order valence-electron chi connectivity index (χ3n) is 4.84. The zero-order valence-electron chi connectivity index (χ0n) is 15.9. The molecule has 0 radical (unpaired) electrons. The molecule has 0 spiro atoms. The number of aliphatic hydroxyl groups is 5. The number of aliphatic hydroxyl groups excluding tert-OH is 5. The van der Waals surface area contributed by atoms with E-state index in [9.17, 15) is 25.5 Å². The topological polar surface area (TPSA) is 183 Å². The molecule has 0 bridgehead atoms. The molecule has 2 aliphatic heterocycles. The Hall–Kier alpha value is -0.480. The number of nitrogens with two attached hydrogens (primary N) is 1. The molecule has 12 heteroatoms. The molecular weight excluding hydrogens is 382 g/mol. The second-order valence-corrected chi connectivity index (χ2v) is 6.58. The van der Waals surface area contributed by atoms with E-state index in [-0.39, 0.29) is 13.2 Å². The third-order valence-corrected chi connectivity index (χ3v) is 4.84. The summed E-state index contributed by atoms with van der Waals surface area (Å²) in [5.41, 5.74) is 5.43. The number of hydrogen-bond acceptors (Lipinski definition) is 12. The summed E-state index contributed by atoms with van der Waals surface area (Å²) in [4.78, 5) is 0. The molecule has 10 atom stereocenters. The summed E-state index contributed by atoms with van der Waals surface area (Å²) in [6.07, 6.45) is -11.8. The fourth-order valence-corrected chi connectivity index (χ4v) is 3.39. The number of rotatable bonds is 9. The summed E-state index contributed by atoms with van der Waals surface area (Å²) in [5, 5.41) is 50.4. The summed E-state index contributed by atoms with van der Waals surface area (Å²) < 4.78 is 32.4. The molecule has 10 unspecified atom stereocenters. The minimum atomic E-state index is -1.54. The quantitative estimate of drug-likeness (QED) is 0.215. The van der Waals surface area contributed by atoms with Crippen LogP contribution in [0.3, 0.4) is 0 Å². The Labute approximate surface area is 162 Å². The number of ether oxygens (including phenoxy) is 6. The first-order chi connectivity index (χ1) is 13.4. The lowest BCUT2D eigenvalue weighted by molar-refractivity contribution is -0.361. The highest BCUT2D eigenvalue weighted by Crippen LogP contribution is 2.31. The minimum Gasteiger partial charge on any atom is -0.394 e. The van der Waals surface area contributed by atoms with Crippen LogP contribution in [-0.2, 0) is 28.4 Å². The SMILES string of the molecule is COC1OC(CO)C(OC2OC(CO)C(OC)C(O)C2O)C(O)C1OCCN. The summed E-state index contributed by atoms with van der Waals surface area (Å²) >= 11 is 0. The number of methoxy groups -OCH3 is 2. The summed E-state index contributed by atoms with van der Waals surface area (Å²) in [6, 6.07) is 0. The van der Waals surface area contributed by atoms with E-state index >= 15 is 0 Å². The molecule has 7 N–H and O–H groups in total. The Morgan fingerprint density at radius 1 is 0.786 bits per heavy atom. The molecule has 0 saturated carbocycles. The van der Waals surface area contributed by atoms with Crippen molar-refractivity contribution in [1.82, 2.24) is 0 Å². The zero-order chi connectivity index (χ0) is 20.8. The lowest BCUT2D eigenvalue weighted by atomic mass is 9.96. The van der Waals surface area contributed by atoms with Gasteiger partial charge in [0.2, 0.25) is 0 Å². The van der Waals surface area contributed by atoms with Gasteiger partial charge in [0, 0.05) is 20.8 Å². The van der Waals surface area contributed by atoms with E-state index in [1.165, 1.54) is 14.2 Å². The van der Waals surface area contributed by atoms with Gasteiger partial charge in [-0.3, -0.25) is 0 Å². The van der Waals surface area contributed by atoms with Gasteiger partial charge in [-0.25, -0.2) is 0 Å². The first kappa shape index (κ1) is 23.8. The molecular formula is C16H31NO11. The Balaban J connectivity index is 2.16. The van der Waals surface area contributed by atoms with Gasteiger partial charge in [-0.15, -0.1) is 0 Å². The lowest BCUT2D eigenvalue weighted by Crippen LogP contribution is -2.65. The Morgan fingerprint density at radius 3 is 1.93 bits per heavy atom. The van der Waals surface area contributed by atoms with Gasteiger partial charge in [-0.05, 0) is 0 Å². The van der Waals surface area contributed by atoms with E-state index in [0.717, 1.165) is 0 Å². The lowest BCUT2D eigenvalue weighted by Gasteiger charge is -2.47. The highest BCUT2D eigenvalue weighted by molar-refractivity contribution is 4.95. The van der Waals surface area contributed by atoms with Crippen LogP contribution in [0.1, 0.15) is 0 Å².